The first-order chi connectivity index (χ1) is 9.77. The van der Waals surface area contributed by atoms with E-state index >= 15 is 0 Å². The summed E-state index contributed by atoms with van der Waals surface area (Å²) in [7, 11) is 0. The fourth-order valence-corrected chi connectivity index (χ4v) is 2.27. The third-order valence-electron chi connectivity index (χ3n) is 3.43. The van der Waals surface area contributed by atoms with Gasteiger partial charge in [0.25, 0.3) is 0 Å². The molecule has 0 atom stereocenters. The maximum atomic E-state index is 12.6. The second-order valence-electron chi connectivity index (χ2n) is 5.00. The second kappa shape index (κ2) is 5.84. The molecule has 0 aliphatic heterocycles. The van der Waals surface area contributed by atoms with Crippen LogP contribution in [0.25, 0.3) is 0 Å². The third kappa shape index (κ3) is 3.81. The van der Waals surface area contributed by atoms with Crippen LogP contribution < -0.4 is 5.32 Å². The minimum atomic E-state index is -4.68. The Labute approximate surface area is 118 Å². The maximum absolute atomic E-state index is 12.6. The highest BCUT2D eigenvalue weighted by Gasteiger charge is 2.34. The SMILES string of the molecule is O=[N+]([O-])c1cc(C(F)(F)F)cnc1NC1CCC(O)CC1. The predicted molar refractivity (Wildman–Crippen MR) is 67.8 cm³/mol. The average Bonchev–Trinajstić information content (AvgIpc) is 2.40. The highest BCUT2D eigenvalue weighted by molar-refractivity contribution is 5.57. The number of rotatable bonds is 3. The number of anilines is 1. The van der Waals surface area contributed by atoms with Gasteiger partial charge in [0.1, 0.15) is 0 Å². The second-order valence-corrected chi connectivity index (χ2v) is 5.00. The van der Waals surface area contributed by atoms with Crippen molar-refractivity contribution in [2.24, 2.45) is 0 Å². The number of pyridine rings is 1. The van der Waals surface area contributed by atoms with E-state index in [9.17, 15) is 28.4 Å². The van der Waals surface area contributed by atoms with E-state index in [4.69, 9.17) is 0 Å². The van der Waals surface area contributed by atoms with Crippen LogP contribution in [0.1, 0.15) is 31.2 Å². The van der Waals surface area contributed by atoms with Gasteiger partial charge in [0.05, 0.1) is 16.6 Å². The summed E-state index contributed by atoms with van der Waals surface area (Å²) < 4.78 is 37.7. The molecule has 6 nitrogen and oxygen atoms in total. The number of aromatic nitrogens is 1. The molecule has 116 valence electrons. The van der Waals surface area contributed by atoms with Crippen molar-refractivity contribution in [1.29, 1.82) is 0 Å². The summed E-state index contributed by atoms with van der Waals surface area (Å²) in [5.74, 6) is -0.172. The van der Waals surface area contributed by atoms with Crippen LogP contribution in [0.4, 0.5) is 24.7 Å². The van der Waals surface area contributed by atoms with Crippen molar-refractivity contribution >= 4 is 11.5 Å². The monoisotopic (exact) mass is 305 g/mol. The molecule has 1 aromatic heterocycles. The Morgan fingerprint density at radius 3 is 2.48 bits per heavy atom. The van der Waals surface area contributed by atoms with E-state index in [0.717, 1.165) is 0 Å². The van der Waals surface area contributed by atoms with E-state index in [0.29, 0.717) is 37.9 Å². The van der Waals surface area contributed by atoms with Crippen molar-refractivity contribution in [2.45, 2.75) is 44.0 Å². The number of nitrogens with one attached hydrogen (secondary N) is 1. The van der Waals surface area contributed by atoms with E-state index in [2.05, 4.69) is 10.3 Å². The molecule has 21 heavy (non-hydrogen) atoms. The largest absolute Gasteiger partial charge is 0.418 e. The molecular weight excluding hydrogens is 291 g/mol. The molecule has 9 heteroatoms. The lowest BCUT2D eigenvalue weighted by Crippen LogP contribution is -2.29. The zero-order valence-corrected chi connectivity index (χ0v) is 10.9. The Balaban J connectivity index is 2.21. The van der Waals surface area contributed by atoms with Gasteiger partial charge in [0.2, 0.25) is 5.82 Å². The van der Waals surface area contributed by atoms with Gasteiger partial charge >= 0.3 is 11.9 Å². The van der Waals surface area contributed by atoms with Crippen LogP contribution in [0.15, 0.2) is 12.3 Å². The van der Waals surface area contributed by atoms with Gasteiger partial charge in [-0.3, -0.25) is 10.1 Å². The standard InChI is InChI=1S/C12H14F3N3O3/c13-12(14,15)7-5-10(18(20)21)11(16-6-7)17-8-1-3-9(19)4-2-8/h5-6,8-9,19H,1-4H2,(H,16,17). The number of aliphatic hydroxyl groups excluding tert-OH is 1. The molecule has 1 aromatic rings. The Kier molecular flexibility index (Phi) is 4.31. The van der Waals surface area contributed by atoms with Crippen molar-refractivity contribution < 1.29 is 23.2 Å². The summed E-state index contributed by atoms with van der Waals surface area (Å²) in [6.45, 7) is 0. The normalized spacial score (nSPS) is 22.9. The van der Waals surface area contributed by atoms with Crippen LogP contribution in [-0.4, -0.2) is 27.2 Å². The molecule has 2 rings (SSSR count). The molecule has 0 radical (unpaired) electrons. The summed E-state index contributed by atoms with van der Waals surface area (Å²) in [5.41, 5.74) is -1.85. The average molecular weight is 305 g/mol. The number of aliphatic hydroxyl groups is 1. The highest BCUT2D eigenvalue weighted by Crippen LogP contribution is 2.34. The summed E-state index contributed by atoms with van der Waals surface area (Å²) in [5, 5.41) is 23.1. The summed E-state index contributed by atoms with van der Waals surface area (Å²) >= 11 is 0. The van der Waals surface area contributed by atoms with Gasteiger partial charge in [-0.05, 0) is 25.7 Å². The first-order valence-electron chi connectivity index (χ1n) is 6.43. The lowest BCUT2D eigenvalue weighted by Gasteiger charge is -2.26. The molecule has 0 saturated heterocycles. The van der Waals surface area contributed by atoms with Gasteiger partial charge in [-0.1, -0.05) is 0 Å². The van der Waals surface area contributed by atoms with E-state index in [-0.39, 0.29) is 11.9 Å². The maximum Gasteiger partial charge on any atom is 0.418 e. The molecule has 0 aromatic carbocycles. The first-order valence-corrected chi connectivity index (χ1v) is 6.43. The molecule has 1 aliphatic carbocycles. The summed E-state index contributed by atoms with van der Waals surface area (Å²) in [4.78, 5) is 13.6. The zero-order valence-electron chi connectivity index (χ0n) is 10.9. The van der Waals surface area contributed by atoms with Gasteiger partial charge in [-0.25, -0.2) is 4.98 Å². The summed E-state index contributed by atoms with van der Waals surface area (Å²) in [6.07, 6.45) is -2.23. The third-order valence-corrected chi connectivity index (χ3v) is 3.43. The molecule has 0 spiro atoms. The minimum absolute atomic E-state index is 0.142. The molecule has 0 bridgehead atoms. The smallest absolute Gasteiger partial charge is 0.393 e. The van der Waals surface area contributed by atoms with E-state index in [1.54, 1.807) is 0 Å². The van der Waals surface area contributed by atoms with Gasteiger partial charge < -0.3 is 10.4 Å². The van der Waals surface area contributed by atoms with E-state index < -0.39 is 28.5 Å². The Morgan fingerprint density at radius 1 is 1.33 bits per heavy atom. The van der Waals surface area contributed by atoms with Crippen molar-refractivity contribution in [3.05, 3.63) is 27.9 Å². The van der Waals surface area contributed by atoms with Crippen LogP contribution >= 0.6 is 0 Å². The molecule has 1 saturated carbocycles. The highest BCUT2D eigenvalue weighted by atomic mass is 19.4. The zero-order chi connectivity index (χ0) is 15.6. The number of alkyl halides is 3. The minimum Gasteiger partial charge on any atom is -0.393 e. The van der Waals surface area contributed by atoms with Crippen LogP contribution in [-0.2, 0) is 6.18 Å². The van der Waals surface area contributed by atoms with Crippen molar-refractivity contribution in [3.63, 3.8) is 0 Å². The van der Waals surface area contributed by atoms with Gasteiger partial charge in [-0.15, -0.1) is 0 Å². The van der Waals surface area contributed by atoms with Crippen molar-refractivity contribution in [1.82, 2.24) is 4.98 Å². The van der Waals surface area contributed by atoms with Crippen molar-refractivity contribution in [3.8, 4) is 0 Å². The quantitative estimate of drug-likeness (QED) is 0.662. The van der Waals surface area contributed by atoms with Crippen LogP contribution in [0.5, 0.6) is 0 Å². The Bertz CT molecular complexity index is 528. The van der Waals surface area contributed by atoms with Gasteiger partial charge in [0.15, 0.2) is 0 Å². The fourth-order valence-electron chi connectivity index (χ4n) is 2.27. The van der Waals surface area contributed by atoms with Crippen LogP contribution in [0, 0.1) is 10.1 Å². The van der Waals surface area contributed by atoms with E-state index in [1.165, 1.54) is 0 Å². The number of hydrogen-bond acceptors (Lipinski definition) is 5. The molecule has 1 aliphatic rings. The number of nitrogens with zero attached hydrogens (tertiary/aromatic N) is 2. The topological polar surface area (TPSA) is 88.3 Å². The fraction of sp³-hybridized carbons (Fsp3) is 0.583. The molecule has 2 N–H and O–H groups in total. The predicted octanol–water partition coefficient (Wildman–Crippen LogP) is 2.72. The van der Waals surface area contributed by atoms with Gasteiger partial charge in [-0.2, -0.15) is 13.2 Å². The Morgan fingerprint density at radius 2 is 1.95 bits per heavy atom. The molecule has 1 fully saturated rings. The van der Waals surface area contributed by atoms with Crippen molar-refractivity contribution in [2.75, 3.05) is 5.32 Å². The summed E-state index contributed by atoms with van der Waals surface area (Å²) in [6, 6.07) is 0.337. The van der Waals surface area contributed by atoms with Crippen LogP contribution in [0.2, 0.25) is 0 Å². The van der Waals surface area contributed by atoms with E-state index in [1.807, 2.05) is 0 Å². The molecular formula is C12H14F3N3O3. The van der Waals surface area contributed by atoms with Crippen LogP contribution in [0.3, 0.4) is 0 Å². The number of halogens is 3. The lowest BCUT2D eigenvalue weighted by atomic mass is 9.93. The Hall–Kier alpha value is -1.90. The first kappa shape index (κ1) is 15.5. The lowest BCUT2D eigenvalue weighted by molar-refractivity contribution is -0.384. The molecule has 0 unspecified atom stereocenters. The number of nitro groups is 1. The van der Waals surface area contributed by atoms with Gasteiger partial charge in [0, 0.05) is 18.3 Å². The molecule has 0 amide bonds. The molecule has 1 heterocycles. The number of hydrogen-bond donors (Lipinski definition) is 2.